The summed E-state index contributed by atoms with van der Waals surface area (Å²) in [5.41, 5.74) is 1.37. The van der Waals surface area contributed by atoms with Crippen LogP contribution >= 0.6 is 11.6 Å². The molecule has 0 saturated carbocycles. The monoisotopic (exact) mass is 264 g/mol. The summed E-state index contributed by atoms with van der Waals surface area (Å²) in [6.07, 6.45) is 3.48. The van der Waals surface area contributed by atoms with Gasteiger partial charge in [0.05, 0.1) is 18.1 Å². The van der Waals surface area contributed by atoms with E-state index in [-0.39, 0.29) is 10.8 Å². The van der Waals surface area contributed by atoms with Gasteiger partial charge in [0.15, 0.2) is 11.5 Å². The van der Waals surface area contributed by atoms with Crippen LogP contribution in [-0.2, 0) is 0 Å². The summed E-state index contributed by atoms with van der Waals surface area (Å²) in [4.78, 5) is 10.9. The highest BCUT2D eigenvalue weighted by atomic mass is 35.5. The van der Waals surface area contributed by atoms with Gasteiger partial charge in [-0.25, -0.2) is 14.5 Å². The van der Waals surface area contributed by atoms with E-state index in [2.05, 4.69) is 25.4 Å². The van der Waals surface area contributed by atoms with Gasteiger partial charge in [0, 0.05) is 0 Å². The summed E-state index contributed by atoms with van der Waals surface area (Å²) in [7, 11) is 0. The van der Waals surface area contributed by atoms with Crippen molar-refractivity contribution in [1.29, 1.82) is 0 Å². The molecule has 8 heteroatoms. The van der Waals surface area contributed by atoms with E-state index in [1.807, 2.05) is 0 Å². The van der Waals surface area contributed by atoms with Crippen LogP contribution in [0.4, 0.5) is 15.9 Å². The van der Waals surface area contributed by atoms with Gasteiger partial charge in [-0.1, -0.05) is 11.6 Å². The number of rotatable bonds is 2. The number of anilines is 2. The van der Waals surface area contributed by atoms with Gasteiger partial charge in [0.1, 0.15) is 11.3 Å². The molecule has 0 aliphatic carbocycles. The van der Waals surface area contributed by atoms with Crippen molar-refractivity contribution >= 4 is 28.8 Å². The molecular formula is C10H6ClFN6. The zero-order valence-electron chi connectivity index (χ0n) is 8.88. The number of pyridine rings is 1. The molecule has 0 radical (unpaired) electrons. The zero-order valence-corrected chi connectivity index (χ0v) is 9.63. The first-order valence-electron chi connectivity index (χ1n) is 4.97. The highest BCUT2D eigenvalue weighted by Gasteiger charge is 2.06. The van der Waals surface area contributed by atoms with Gasteiger partial charge >= 0.3 is 6.08 Å². The Morgan fingerprint density at radius 2 is 2.17 bits per heavy atom. The summed E-state index contributed by atoms with van der Waals surface area (Å²) < 4.78 is 14.5. The lowest BCUT2D eigenvalue weighted by Crippen LogP contribution is -2.00. The SMILES string of the molecule is Fc1ncc(Cl)c(Nc2ccc3ncnn3c2)n1. The second-order valence-electron chi connectivity index (χ2n) is 3.44. The number of hydrogen-bond donors (Lipinski definition) is 1. The number of nitrogens with zero attached hydrogens (tertiary/aromatic N) is 5. The van der Waals surface area contributed by atoms with Crippen LogP contribution in [0.15, 0.2) is 30.9 Å². The number of hydrogen-bond acceptors (Lipinski definition) is 5. The Morgan fingerprint density at radius 1 is 1.28 bits per heavy atom. The van der Waals surface area contributed by atoms with Gasteiger partial charge in [0.25, 0.3) is 0 Å². The first-order valence-corrected chi connectivity index (χ1v) is 5.34. The molecule has 0 amide bonds. The third-order valence-corrected chi connectivity index (χ3v) is 2.53. The molecule has 3 rings (SSSR count). The molecule has 3 aromatic heterocycles. The Balaban J connectivity index is 1.97. The van der Waals surface area contributed by atoms with E-state index < -0.39 is 6.08 Å². The Bertz CT molecular complexity index is 712. The lowest BCUT2D eigenvalue weighted by molar-refractivity contribution is 0.540. The van der Waals surface area contributed by atoms with Crippen molar-refractivity contribution in [1.82, 2.24) is 24.6 Å². The molecule has 6 nitrogen and oxygen atoms in total. The van der Waals surface area contributed by atoms with Gasteiger partial charge < -0.3 is 5.32 Å². The van der Waals surface area contributed by atoms with Crippen molar-refractivity contribution in [3.05, 3.63) is 42.0 Å². The van der Waals surface area contributed by atoms with Crippen molar-refractivity contribution < 1.29 is 4.39 Å². The Labute approximate surface area is 105 Å². The molecule has 3 aromatic rings. The number of aromatic nitrogens is 5. The Kier molecular flexibility index (Phi) is 2.52. The lowest BCUT2D eigenvalue weighted by Gasteiger charge is -2.06. The molecule has 90 valence electrons. The largest absolute Gasteiger partial charge is 0.338 e. The quantitative estimate of drug-likeness (QED) is 0.718. The van der Waals surface area contributed by atoms with Crippen LogP contribution < -0.4 is 5.32 Å². The average Bonchev–Trinajstić information content (AvgIpc) is 2.81. The van der Waals surface area contributed by atoms with Crippen LogP contribution in [0.25, 0.3) is 5.65 Å². The van der Waals surface area contributed by atoms with Crippen LogP contribution in [0.1, 0.15) is 0 Å². The third-order valence-electron chi connectivity index (χ3n) is 2.25. The minimum absolute atomic E-state index is 0.198. The van der Waals surface area contributed by atoms with Gasteiger partial charge in [0.2, 0.25) is 0 Å². The van der Waals surface area contributed by atoms with Crippen LogP contribution in [0.2, 0.25) is 5.02 Å². The van der Waals surface area contributed by atoms with Crippen molar-refractivity contribution in [3.8, 4) is 0 Å². The summed E-state index contributed by atoms with van der Waals surface area (Å²) in [6, 6.07) is 3.53. The van der Waals surface area contributed by atoms with Crippen LogP contribution in [0.3, 0.4) is 0 Å². The predicted molar refractivity (Wildman–Crippen MR) is 63.3 cm³/mol. The van der Waals surface area contributed by atoms with Crippen LogP contribution in [-0.4, -0.2) is 24.6 Å². The molecule has 3 heterocycles. The Morgan fingerprint density at radius 3 is 3.06 bits per heavy atom. The second kappa shape index (κ2) is 4.19. The fraction of sp³-hybridized carbons (Fsp3) is 0. The van der Waals surface area contributed by atoms with E-state index >= 15 is 0 Å². The molecule has 0 fully saturated rings. The molecule has 0 bridgehead atoms. The molecule has 18 heavy (non-hydrogen) atoms. The van der Waals surface area contributed by atoms with Crippen molar-refractivity contribution in [3.63, 3.8) is 0 Å². The summed E-state index contributed by atoms with van der Waals surface area (Å²) >= 11 is 5.85. The standard InChI is InChI=1S/C10H6ClFN6/c11-7-3-13-10(12)17-9(7)16-6-1-2-8-14-5-15-18(8)4-6/h1-5H,(H,13,16,17). The molecule has 0 saturated heterocycles. The Hall–Kier alpha value is -2.28. The maximum atomic E-state index is 12.9. The van der Waals surface area contributed by atoms with E-state index in [9.17, 15) is 4.39 Å². The second-order valence-corrected chi connectivity index (χ2v) is 3.85. The van der Waals surface area contributed by atoms with E-state index in [0.717, 1.165) is 0 Å². The molecular weight excluding hydrogens is 259 g/mol. The summed E-state index contributed by atoms with van der Waals surface area (Å²) in [6.45, 7) is 0. The molecule has 0 aliphatic heterocycles. The maximum Gasteiger partial charge on any atom is 0.310 e. The van der Waals surface area contributed by atoms with Crippen molar-refractivity contribution in [2.24, 2.45) is 0 Å². The smallest absolute Gasteiger partial charge is 0.310 e. The van der Waals surface area contributed by atoms with Gasteiger partial charge in [-0.05, 0) is 12.1 Å². The molecule has 0 atom stereocenters. The first kappa shape index (κ1) is 10.8. The fourth-order valence-corrected chi connectivity index (χ4v) is 1.60. The van der Waals surface area contributed by atoms with Crippen molar-refractivity contribution in [2.45, 2.75) is 0 Å². The van der Waals surface area contributed by atoms with Crippen LogP contribution in [0, 0.1) is 6.08 Å². The minimum atomic E-state index is -0.844. The minimum Gasteiger partial charge on any atom is -0.338 e. The maximum absolute atomic E-state index is 12.9. The molecule has 0 aromatic carbocycles. The van der Waals surface area contributed by atoms with Gasteiger partial charge in [-0.2, -0.15) is 14.5 Å². The van der Waals surface area contributed by atoms with E-state index in [1.54, 1.807) is 22.8 Å². The van der Waals surface area contributed by atoms with E-state index in [1.165, 1.54) is 12.5 Å². The zero-order chi connectivity index (χ0) is 12.5. The molecule has 0 unspecified atom stereocenters. The van der Waals surface area contributed by atoms with Crippen molar-refractivity contribution in [2.75, 3.05) is 5.32 Å². The van der Waals surface area contributed by atoms with Gasteiger partial charge in [-0.3, -0.25) is 0 Å². The van der Waals surface area contributed by atoms with E-state index in [4.69, 9.17) is 11.6 Å². The van der Waals surface area contributed by atoms with Gasteiger partial charge in [-0.15, -0.1) is 0 Å². The average molecular weight is 265 g/mol. The topological polar surface area (TPSA) is 68.0 Å². The first-order chi connectivity index (χ1) is 8.72. The normalized spacial score (nSPS) is 10.8. The summed E-state index contributed by atoms with van der Waals surface area (Å²) in [5, 5.41) is 7.10. The molecule has 1 N–H and O–H groups in total. The predicted octanol–water partition coefficient (Wildman–Crippen LogP) is 2.06. The summed E-state index contributed by atoms with van der Waals surface area (Å²) in [5.74, 6) is 0.198. The molecule has 0 spiro atoms. The lowest BCUT2D eigenvalue weighted by atomic mass is 10.4. The number of fused-ring (bicyclic) bond motifs is 1. The molecule has 0 aliphatic rings. The number of halogens is 2. The fourth-order valence-electron chi connectivity index (χ4n) is 1.46. The third kappa shape index (κ3) is 1.95. The highest BCUT2D eigenvalue weighted by Crippen LogP contribution is 2.22. The highest BCUT2D eigenvalue weighted by molar-refractivity contribution is 6.32. The number of nitrogens with one attached hydrogen (secondary N) is 1. The van der Waals surface area contributed by atoms with E-state index in [0.29, 0.717) is 11.3 Å². The van der Waals surface area contributed by atoms with Crippen LogP contribution in [0.5, 0.6) is 0 Å².